The lowest BCUT2D eigenvalue weighted by atomic mass is 10.2. The van der Waals surface area contributed by atoms with E-state index in [-0.39, 0.29) is 23.5 Å². The summed E-state index contributed by atoms with van der Waals surface area (Å²) >= 11 is 0. The van der Waals surface area contributed by atoms with Crippen molar-refractivity contribution in [2.45, 2.75) is 18.1 Å². The molecule has 0 radical (unpaired) electrons. The Morgan fingerprint density at radius 1 is 1.33 bits per heavy atom. The molecule has 0 saturated carbocycles. The van der Waals surface area contributed by atoms with E-state index < -0.39 is 9.84 Å². The van der Waals surface area contributed by atoms with E-state index in [0.29, 0.717) is 39.3 Å². The van der Waals surface area contributed by atoms with Gasteiger partial charge in [-0.05, 0) is 12.8 Å². The molecule has 1 N–H and O–H groups in total. The van der Waals surface area contributed by atoms with E-state index >= 15 is 0 Å². The first kappa shape index (κ1) is 13.8. The topological polar surface area (TPSA) is 75.7 Å². The second kappa shape index (κ2) is 5.99. The third kappa shape index (κ3) is 3.43. The Labute approximate surface area is 108 Å². The first-order valence-corrected chi connectivity index (χ1v) is 8.09. The third-order valence-corrected chi connectivity index (χ3v) is 5.75. The average molecular weight is 276 g/mol. The molecule has 1 unspecified atom stereocenters. The zero-order chi connectivity index (χ0) is 13.0. The van der Waals surface area contributed by atoms with Gasteiger partial charge in [0.15, 0.2) is 9.84 Å². The van der Waals surface area contributed by atoms with Gasteiger partial charge in [-0.25, -0.2) is 8.42 Å². The fourth-order valence-electron chi connectivity index (χ4n) is 2.35. The summed E-state index contributed by atoms with van der Waals surface area (Å²) < 4.78 is 28.3. The number of hydrogen-bond donors (Lipinski definition) is 1. The summed E-state index contributed by atoms with van der Waals surface area (Å²) in [6.07, 6.45) is 1.45. The summed E-state index contributed by atoms with van der Waals surface area (Å²) in [4.78, 5) is 13.5. The lowest BCUT2D eigenvalue weighted by molar-refractivity contribution is -0.134. The van der Waals surface area contributed by atoms with E-state index in [1.807, 2.05) is 0 Å². The second-order valence-corrected chi connectivity index (χ2v) is 7.16. The number of nitrogens with one attached hydrogen (secondary N) is 1. The van der Waals surface area contributed by atoms with Crippen LogP contribution in [0.5, 0.6) is 0 Å². The quantitative estimate of drug-likeness (QED) is 0.714. The molecular formula is C11H20N2O4S. The standard InChI is InChI=1S/C11H20N2O4S/c14-11(13-3-5-17-6-4-13)9-12-8-10-2-1-7-18(10,15)16/h10,12H,1-9H2. The van der Waals surface area contributed by atoms with Crippen molar-refractivity contribution in [1.82, 2.24) is 10.2 Å². The molecular weight excluding hydrogens is 256 g/mol. The SMILES string of the molecule is O=C(CNCC1CCCS1(=O)=O)N1CCOCC1. The van der Waals surface area contributed by atoms with Crippen LogP contribution in [-0.4, -0.2) is 69.6 Å². The van der Waals surface area contributed by atoms with Crippen molar-refractivity contribution >= 4 is 15.7 Å². The smallest absolute Gasteiger partial charge is 0.236 e. The lowest BCUT2D eigenvalue weighted by Gasteiger charge is -2.27. The van der Waals surface area contributed by atoms with Crippen molar-refractivity contribution in [3.8, 4) is 0 Å². The molecule has 1 amide bonds. The molecule has 2 aliphatic heterocycles. The van der Waals surface area contributed by atoms with Gasteiger partial charge in [0.05, 0.1) is 30.8 Å². The highest BCUT2D eigenvalue weighted by Gasteiger charge is 2.30. The van der Waals surface area contributed by atoms with Crippen molar-refractivity contribution in [2.75, 3.05) is 45.1 Å². The maximum atomic E-state index is 11.8. The first-order chi connectivity index (χ1) is 8.59. The molecule has 18 heavy (non-hydrogen) atoms. The predicted molar refractivity (Wildman–Crippen MR) is 67.1 cm³/mol. The second-order valence-electron chi connectivity index (χ2n) is 4.76. The van der Waals surface area contributed by atoms with E-state index in [4.69, 9.17) is 4.74 Å². The molecule has 1 atom stereocenters. The van der Waals surface area contributed by atoms with Crippen molar-refractivity contribution in [3.63, 3.8) is 0 Å². The molecule has 2 heterocycles. The number of carbonyl (C=O) groups is 1. The Hall–Kier alpha value is -0.660. The molecule has 0 bridgehead atoms. The minimum atomic E-state index is -2.92. The van der Waals surface area contributed by atoms with Crippen LogP contribution in [-0.2, 0) is 19.4 Å². The largest absolute Gasteiger partial charge is 0.378 e. The molecule has 0 aromatic carbocycles. The Balaban J connectivity index is 1.70. The molecule has 0 spiro atoms. The molecule has 7 heteroatoms. The molecule has 2 aliphatic rings. The van der Waals surface area contributed by atoms with Crippen LogP contribution < -0.4 is 5.32 Å². The van der Waals surface area contributed by atoms with Crippen LogP contribution >= 0.6 is 0 Å². The summed E-state index contributed by atoms with van der Waals surface area (Å²) in [7, 11) is -2.92. The van der Waals surface area contributed by atoms with Crippen molar-refractivity contribution in [2.24, 2.45) is 0 Å². The minimum absolute atomic E-state index is 0.0219. The zero-order valence-corrected chi connectivity index (χ0v) is 11.2. The van der Waals surface area contributed by atoms with Gasteiger partial charge in [-0.1, -0.05) is 0 Å². The Bertz CT molecular complexity index is 390. The van der Waals surface area contributed by atoms with Crippen LogP contribution in [0.25, 0.3) is 0 Å². The van der Waals surface area contributed by atoms with Crippen LogP contribution in [0.1, 0.15) is 12.8 Å². The average Bonchev–Trinajstić information content (AvgIpc) is 2.70. The number of ether oxygens (including phenoxy) is 1. The van der Waals surface area contributed by atoms with Crippen molar-refractivity contribution in [3.05, 3.63) is 0 Å². The molecule has 2 saturated heterocycles. The van der Waals surface area contributed by atoms with Gasteiger partial charge in [-0.3, -0.25) is 4.79 Å². The number of amides is 1. The normalized spacial score (nSPS) is 27.3. The van der Waals surface area contributed by atoms with E-state index in [1.54, 1.807) is 4.90 Å². The fourth-order valence-corrected chi connectivity index (χ4v) is 4.15. The Morgan fingerprint density at radius 2 is 2.06 bits per heavy atom. The number of morpholine rings is 1. The molecule has 2 rings (SSSR count). The summed E-state index contributed by atoms with van der Waals surface area (Å²) in [6, 6.07) is 0. The van der Waals surface area contributed by atoms with Crippen LogP contribution in [0.3, 0.4) is 0 Å². The molecule has 104 valence electrons. The van der Waals surface area contributed by atoms with E-state index in [0.717, 1.165) is 6.42 Å². The van der Waals surface area contributed by atoms with E-state index in [9.17, 15) is 13.2 Å². The number of rotatable bonds is 4. The highest BCUT2D eigenvalue weighted by molar-refractivity contribution is 7.92. The summed E-state index contributed by atoms with van der Waals surface area (Å²) in [5.41, 5.74) is 0. The number of nitrogens with zero attached hydrogens (tertiary/aromatic N) is 1. The van der Waals surface area contributed by atoms with Gasteiger partial charge < -0.3 is 15.0 Å². The summed E-state index contributed by atoms with van der Waals surface area (Å²) in [5.74, 6) is 0.310. The molecule has 0 aromatic rings. The molecule has 0 aliphatic carbocycles. The Kier molecular flexibility index (Phi) is 4.58. The maximum Gasteiger partial charge on any atom is 0.236 e. The molecule has 6 nitrogen and oxygen atoms in total. The molecule has 2 fully saturated rings. The van der Waals surface area contributed by atoms with Crippen LogP contribution in [0.2, 0.25) is 0 Å². The van der Waals surface area contributed by atoms with Crippen molar-refractivity contribution < 1.29 is 17.9 Å². The number of sulfone groups is 1. The van der Waals surface area contributed by atoms with Gasteiger partial charge in [0.1, 0.15) is 0 Å². The monoisotopic (exact) mass is 276 g/mol. The van der Waals surface area contributed by atoms with Gasteiger partial charge in [-0.15, -0.1) is 0 Å². The highest BCUT2D eigenvalue weighted by atomic mass is 32.2. The predicted octanol–water partition coefficient (Wildman–Crippen LogP) is -0.988. The van der Waals surface area contributed by atoms with Gasteiger partial charge >= 0.3 is 0 Å². The fraction of sp³-hybridized carbons (Fsp3) is 0.909. The molecule has 0 aromatic heterocycles. The lowest BCUT2D eigenvalue weighted by Crippen LogP contribution is -2.45. The van der Waals surface area contributed by atoms with E-state index in [1.165, 1.54) is 0 Å². The summed E-state index contributed by atoms with van der Waals surface area (Å²) in [5, 5.41) is 2.66. The van der Waals surface area contributed by atoms with Gasteiger partial charge in [0.25, 0.3) is 0 Å². The van der Waals surface area contributed by atoms with Gasteiger partial charge in [0, 0.05) is 19.6 Å². The van der Waals surface area contributed by atoms with Crippen LogP contribution in [0.4, 0.5) is 0 Å². The Morgan fingerprint density at radius 3 is 2.67 bits per heavy atom. The van der Waals surface area contributed by atoms with Gasteiger partial charge in [0.2, 0.25) is 5.91 Å². The summed E-state index contributed by atoms with van der Waals surface area (Å²) in [6.45, 7) is 3.03. The van der Waals surface area contributed by atoms with E-state index in [2.05, 4.69) is 5.32 Å². The number of carbonyl (C=O) groups excluding carboxylic acids is 1. The third-order valence-electron chi connectivity index (χ3n) is 3.47. The van der Waals surface area contributed by atoms with Gasteiger partial charge in [-0.2, -0.15) is 0 Å². The first-order valence-electron chi connectivity index (χ1n) is 6.37. The zero-order valence-electron chi connectivity index (χ0n) is 10.4. The number of hydrogen-bond acceptors (Lipinski definition) is 5. The minimum Gasteiger partial charge on any atom is -0.378 e. The van der Waals surface area contributed by atoms with Crippen LogP contribution in [0, 0.1) is 0 Å². The van der Waals surface area contributed by atoms with Crippen LogP contribution in [0.15, 0.2) is 0 Å². The highest BCUT2D eigenvalue weighted by Crippen LogP contribution is 2.18. The maximum absolute atomic E-state index is 11.8. The van der Waals surface area contributed by atoms with Crippen molar-refractivity contribution in [1.29, 1.82) is 0 Å².